The maximum absolute atomic E-state index is 15.9. The molecule has 0 aromatic rings. The first kappa shape index (κ1) is 20.2. The second kappa shape index (κ2) is 5.98. The average molecular weight is 413 g/mol. The van der Waals surface area contributed by atoms with Crippen molar-refractivity contribution in [3.05, 3.63) is 23.8 Å². The van der Waals surface area contributed by atoms with Gasteiger partial charge in [0.05, 0.1) is 4.87 Å². The standard InChI is InChI=1S/C22H27ClF2O3/c1-12-8-16-15-5-4-13-9-14(26)6-7-19(13,2)21(15,23)17(25)10-20(16,3)22(12,28)18(27)11-24/h6-7,9,12,15-17,28H,4-5,8,10-11H2,1-3H3/t12?,15-,16-,17?,19-,20-,21-,22-/m0/s1. The molecule has 2 unspecified atom stereocenters. The molecular weight excluding hydrogens is 386 g/mol. The Labute approximate surface area is 169 Å². The smallest absolute Gasteiger partial charge is 0.196 e. The summed E-state index contributed by atoms with van der Waals surface area (Å²) in [6.45, 7) is 4.10. The Balaban J connectivity index is 1.84. The molecule has 28 heavy (non-hydrogen) atoms. The molecule has 0 saturated heterocycles. The number of fused-ring (bicyclic) bond motifs is 5. The van der Waals surface area contributed by atoms with E-state index in [-0.39, 0.29) is 24.0 Å². The lowest BCUT2D eigenvalue weighted by atomic mass is 9.46. The van der Waals surface area contributed by atoms with Crippen molar-refractivity contribution >= 4 is 23.2 Å². The summed E-state index contributed by atoms with van der Waals surface area (Å²) in [7, 11) is 0. The van der Waals surface area contributed by atoms with Crippen molar-refractivity contribution in [3.63, 3.8) is 0 Å². The number of carbonyl (C=O) groups excluding carboxylic acids is 2. The molecule has 154 valence electrons. The van der Waals surface area contributed by atoms with E-state index in [1.54, 1.807) is 26.0 Å². The van der Waals surface area contributed by atoms with E-state index in [0.717, 1.165) is 5.57 Å². The third-order valence-electron chi connectivity index (χ3n) is 8.73. The summed E-state index contributed by atoms with van der Waals surface area (Å²) in [6, 6.07) is 0. The summed E-state index contributed by atoms with van der Waals surface area (Å²) >= 11 is 7.15. The molecule has 1 N–H and O–H groups in total. The van der Waals surface area contributed by atoms with Gasteiger partial charge in [-0.1, -0.05) is 32.4 Å². The minimum absolute atomic E-state index is 0.102. The van der Waals surface area contributed by atoms with Gasteiger partial charge >= 0.3 is 0 Å². The van der Waals surface area contributed by atoms with E-state index in [1.807, 2.05) is 6.92 Å². The number of rotatable bonds is 2. The van der Waals surface area contributed by atoms with E-state index in [1.165, 1.54) is 6.08 Å². The summed E-state index contributed by atoms with van der Waals surface area (Å²) in [6.07, 6.45) is 4.86. The molecule has 0 radical (unpaired) electrons. The second-order valence-corrected chi connectivity index (χ2v) is 10.3. The minimum atomic E-state index is -1.88. The van der Waals surface area contributed by atoms with Crippen molar-refractivity contribution in [1.82, 2.24) is 0 Å². The molecule has 3 nitrogen and oxygen atoms in total. The molecule has 0 spiro atoms. The van der Waals surface area contributed by atoms with Crippen molar-refractivity contribution in [3.8, 4) is 0 Å². The first-order valence-corrected chi connectivity index (χ1v) is 10.4. The number of hydrogen-bond acceptors (Lipinski definition) is 3. The van der Waals surface area contributed by atoms with Gasteiger partial charge in [0.25, 0.3) is 0 Å². The Kier molecular flexibility index (Phi) is 4.31. The van der Waals surface area contributed by atoms with E-state index in [4.69, 9.17) is 11.6 Å². The Morgan fingerprint density at radius 2 is 2.04 bits per heavy atom. The minimum Gasteiger partial charge on any atom is -0.381 e. The highest BCUT2D eigenvalue weighted by Crippen LogP contribution is 2.71. The van der Waals surface area contributed by atoms with E-state index >= 15 is 4.39 Å². The third-order valence-corrected chi connectivity index (χ3v) is 9.64. The molecule has 3 fully saturated rings. The molecule has 0 bridgehead atoms. The fraction of sp³-hybridized carbons (Fsp3) is 0.727. The SMILES string of the molecule is CC1C[C@H]2[C@@H]3CCC4=CC(=O)C=C[C@]4(C)[C@@]3(Cl)C(F)C[C@]2(C)[C@@]1(O)C(=O)CF. The fourth-order valence-corrected chi connectivity index (χ4v) is 7.70. The van der Waals surface area contributed by atoms with Gasteiger partial charge < -0.3 is 5.11 Å². The van der Waals surface area contributed by atoms with Crippen LogP contribution in [0.25, 0.3) is 0 Å². The maximum Gasteiger partial charge on any atom is 0.196 e. The van der Waals surface area contributed by atoms with Crippen molar-refractivity contribution in [2.75, 3.05) is 6.67 Å². The van der Waals surface area contributed by atoms with Gasteiger partial charge in [-0.3, -0.25) is 9.59 Å². The number of halogens is 3. The summed E-state index contributed by atoms with van der Waals surface area (Å²) in [5.41, 5.74) is -2.91. The monoisotopic (exact) mass is 412 g/mol. The Morgan fingerprint density at radius 3 is 2.68 bits per heavy atom. The first-order chi connectivity index (χ1) is 13.0. The quantitative estimate of drug-likeness (QED) is 0.694. The summed E-state index contributed by atoms with van der Waals surface area (Å²) < 4.78 is 29.3. The molecule has 3 saturated carbocycles. The van der Waals surface area contributed by atoms with Crippen LogP contribution in [0.15, 0.2) is 23.8 Å². The van der Waals surface area contributed by atoms with E-state index in [9.17, 15) is 19.1 Å². The zero-order valence-electron chi connectivity index (χ0n) is 16.5. The van der Waals surface area contributed by atoms with Crippen LogP contribution in [0.1, 0.15) is 46.5 Å². The van der Waals surface area contributed by atoms with Crippen LogP contribution in [-0.2, 0) is 9.59 Å². The Bertz CT molecular complexity index is 810. The molecule has 6 heteroatoms. The molecule has 4 aliphatic rings. The van der Waals surface area contributed by atoms with Crippen LogP contribution < -0.4 is 0 Å². The highest BCUT2D eigenvalue weighted by Gasteiger charge is 2.75. The van der Waals surface area contributed by atoms with Gasteiger partial charge in [0.15, 0.2) is 18.2 Å². The number of hydrogen-bond donors (Lipinski definition) is 1. The number of alkyl halides is 3. The second-order valence-electron chi connectivity index (χ2n) is 9.68. The molecule has 0 aromatic heterocycles. The molecular formula is C22H27ClF2O3. The van der Waals surface area contributed by atoms with Gasteiger partial charge in [0.1, 0.15) is 11.8 Å². The number of ketones is 2. The van der Waals surface area contributed by atoms with Crippen LogP contribution in [0.5, 0.6) is 0 Å². The average Bonchev–Trinajstić information content (AvgIpc) is 2.84. The van der Waals surface area contributed by atoms with E-state index < -0.39 is 45.9 Å². The number of aliphatic hydroxyl groups is 1. The third kappa shape index (κ3) is 2.08. The maximum atomic E-state index is 15.9. The fourth-order valence-electron chi connectivity index (χ4n) is 7.18. The van der Waals surface area contributed by atoms with Gasteiger partial charge in [-0.25, -0.2) is 8.78 Å². The zero-order chi connectivity index (χ0) is 20.7. The highest BCUT2D eigenvalue weighted by molar-refractivity contribution is 6.26. The van der Waals surface area contributed by atoms with Crippen molar-refractivity contribution in [2.45, 2.75) is 63.1 Å². The molecule has 4 rings (SSSR count). The van der Waals surface area contributed by atoms with Crippen LogP contribution in [0, 0.1) is 28.6 Å². The molecule has 8 atom stereocenters. The zero-order valence-corrected chi connectivity index (χ0v) is 17.2. The van der Waals surface area contributed by atoms with Crippen LogP contribution in [-0.4, -0.2) is 40.0 Å². The lowest BCUT2D eigenvalue weighted by Crippen LogP contribution is -2.68. The van der Waals surface area contributed by atoms with Crippen LogP contribution in [0.4, 0.5) is 8.78 Å². The van der Waals surface area contributed by atoms with Crippen molar-refractivity contribution in [2.24, 2.45) is 28.6 Å². The topological polar surface area (TPSA) is 54.4 Å². The van der Waals surface area contributed by atoms with Gasteiger partial charge in [0.2, 0.25) is 0 Å². The predicted molar refractivity (Wildman–Crippen MR) is 102 cm³/mol. The Morgan fingerprint density at radius 1 is 1.36 bits per heavy atom. The van der Waals surface area contributed by atoms with Gasteiger partial charge in [-0.15, -0.1) is 11.6 Å². The van der Waals surface area contributed by atoms with Gasteiger partial charge in [-0.2, -0.15) is 0 Å². The van der Waals surface area contributed by atoms with Gasteiger partial charge in [0, 0.05) is 10.8 Å². The van der Waals surface area contributed by atoms with Gasteiger partial charge in [-0.05, 0) is 55.6 Å². The summed E-state index contributed by atoms with van der Waals surface area (Å²) in [5, 5.41) is 11.3. The molecule has 0 aromatic carbocycles. The largest absolute Gasteiger partial charge is 0.381 e. The molecule has 0 amide bonds. The van der Waals surface area contributed by atoms with Crippen molar-refractivity contribution < 1.29 is 23.5 Å². The van der Waals surface area contributed by atoms with E-state index in [0.29, 0.717) is 19.3 Å². The summed E-state index contributed by atoms with van der Waals surface area (Å²) in [5.74, 6) is -1.92. The highest BCUT2D eigenvalue weighted by atomic mass is 35.5. The first-order valence-electron chi connectivity index (χ1n) is 10.1. The molecule has 4 aliphatic carbocycles. The Hall–Kier alpha value is -1.07. The number of allylic oxidation sites excluding steroid dienone is 4. The predicted octanol–water partition coefficient (Wildman–Crippen LogP) is 4.12. The van der Waals surface area contributed by atoms with Crippen LogP contribution >= 0.6 is 11.6 Å². The molecule has 0 heterocycles. The number of Topliss-reactive ketones (excluding diaryl/α,β-unsaturated/α-hetero) is 1. The van der Waals surface area contributed by atoms with Crippen molar-refractivity contribution in [1.29, 1.82) is 0 Å². The summed E-state index contributed by atoms with van der Waals surface area (Å²) in [4.78, 5) is 23.0. The van der Waals surface area contributed by atoms with Crippen LogP contribution in [0.3, 0.4) is 0 Å². The number of carbonyl (C=O) groups is 2. The lowest BCUT2D eigenvalue weighted by molar-refractivity contribution is -0.172. The normalized spacial score (nSPS) is 52.5. The lowest BCUT2D eigenvalue weighted by Gasteiger charge is -2.63. The van der Waals surface area contributed by atoms with Crippen LogP contribution in [0.2, 0.25) is 0 Å². The molecule has 0 aliphatic heterocycles. The van der Waals surface area contributed by atoms with E-state index in [2.05, 4.69) is 0 Å².